The minimum atomic E-state index is -0.948. The van der Waals surface area contributed by atoms with E-state index in [2.05, 4.69) is 21.7 Å². The Bertz CT molecular complexity index is 567. The number of nitrogens with one attached hydrogen (secondary N) is 1. The first kappa shape index (κ1) is 13.5. The van der Waals surface area contributed by atoms with Crippen molar-refractivity contribution in [3.8, 4) is 0 Å². The smallest absolute Gasteiger partial charge is 0.339 e. The third-order valence-electron chi connectivity index (χ3n) is 2.88. The molecule has 0 aromatic carbocycles. The summed E-state index contributed by atoms with van der Waals surface area (Å²) in [7, 11) is 0. The van der Waals surface area contributed by atoms with Gasteiger partial charge in [0.2, 0.25) is 0 Å². The van der Waals surface area contributed by atoms with Crippen molar-refractivity contribution in [2.45, 2.75) is 26.3 Å². The zero-order chi connectivity index (χ0) is 13.8. The lowest BCUT2D eigenvalue weighted by atomic mass is 10.1. The van der Waals surface area contributed by atoms with Gasteiger partial charge < -0.3 is 10.4 Å². The summed E-state index contributed by atoms with van der Waals surface area (Å²) in [5, 5.41) is 16.6. The Morgan fingerprint density at radius 3 is 2.95 bits per heavy atom. The highest BCUT2D eigenvalue weighted by molar-refractivity contribution is 7.07. The van der Waals surface area contributed by atoms with E-state index in [1.165, 1.54) is 5.56 Å². The maximum Gasteiger partial charge on any atom is 0.339 e. The zero-order valence-electron chi connectivity index (χ0n) is 10.9. The van der Waals surface area contributed by atoms with Crippen LogP contribution in [-0.2, 0) is 6.42 Å². The highest BCUT2D eigenvalue weighted by atomic mass is 32.1. The fraction of sp³-hybridized carbons (Fsp3) is 0.286. The summed E-state index contributed by atoms with van der Waals surface area (Å²) in [6.07, 6.45) is 2.47. The number of anilines is 1. The number of rotatable bonds is 5. The molecule has 0 saturated carbocycles. The molecule has 0 aliphatic rings. The van der Waals surface area contributed by atoms with E-state index in [1.807, 2.05) is 12.3 Å². The quantitative estimate of drug-likeness (QED) is 0.880. The van der Waals surface area contributed by atoms with E-state index in [0.29, 0.717) is 11.4 Å². The van der Waals surface area contributed by atoms with Crippen molar-refractivity contribution in [1.82, 2.24) is 4.98 Å². The largest absolute Gasteiger partial charge is 0.478 e. The van der Waals surface area contributed by atoms with Crippen LogP contribution >= 0.6 is 11.3 Å². The van der Waals surface area contributed by atoms with E-state index < -0.39 is 5.97 Å². The molecule has 0 saturated heterocycles. The van der Waals surface area contributed by atoms with Gasteiger partial charge in [0, 0.05) is 12.2 Å². The zero-order valence-corrected chi connectivity index (χ0v) is 11.7. The first-order valence-corrected chi connectivity index (χ1v) is 6.98. The molecule has 5 heteroatoms. The van der Waals surface area contributed by atoms with Crippen LogP contribution < -0.4 is 5.32 Å². The van der Waals surface area contributed by atoms with Crippen molar-refractivity contribution in [3.05, 3.63) is 45.8 Å². The summed E-state index contributed by atoms with van der Waals surface area (Å²) in [4.78, 5) is 15.4. The van der Waals surface area contributed by atoms with Crippen molar-refractivity contribution in [2.24, 2.45) is 0 Å². The minimum absolute atomic E-state index is 0.127. The first-order valence-electron chi connectivity index (χ1n) is 6.04. The Hall–Kier alpha value is -1.88. The van der Waals surface area contributed by atoms with Gasteiger partial charge in [-0.2, -0.15) is 11.3 Å². The molecule has 0 radical (unpaired) electrons. The molecule has 0 fully saturated rings. The van der Waals surface area contributed by atoms with Gasteiger partial charge in [0.05, 0.1) is 0 Å². The molecule has 19 heavy (non-hydrogen) atoms. The highest BCUT2D eigenvalue weighted by Gasteiger charge is 2.16. The minimum Gasteiger partial charge on any atom is -0.478 e. The second-order valence-corrected chi connectivity index (χ2v) is 5.32. The average molecular weight is 276 g/mol. The standard InChI is InChI=1S/C14H16N2O2S/c1-9-3-5-15-13(12(9)14(17)18)16-10(2)7-11-4-6-19-8-11/h3-6,8,10H,7H2,1-2H3,(H,15,16)(H,17,18). The van der Waals surface area contributed by atoms with E-state index in [9.17, 15) is 9.90 Å². The lowest BCUT2D eigenvalue weighted by molar-refractivity contribution is 0.0697. The Balaban J connectivity index is 2.14. The first-order chi connectivity index (χ1) is 9.08. The van der Waals surface area contributed by atoms with Gasteiger partial charge in [0.1, 0.15) is 11.4 Å². The van der Waals surface area contributed by atoms with Gasteiger partial charge in [-0.15, -0.1) is 0 Å². The molecule has 0 bridgehead atoms. The van der Waals surface area contributed by atoms with Gasteiger partial charge >= 0.3 is 5.97 Å². The summed E-state index contributed by atoms with van der Waals surface area (Å²) in [5.74, 6) is -0.508. The lowest BCUT2D eigenvalue weighted by Crippen LogP contribution is -2.21. The summed E-state index contributed by atoms with van der Waals surface area (Å²) in [5.41, 5.74) is 2.21. The Morgan fingerprint density at radius 2 is 2.32 bits per heavy atom. The molecule has 1 unspecified atom stereocenters. The van der Waals surface area contributed by atoms with Crippen LogP contribution in [0.5, 0.6) is 0 Å². The Morgan fingerprint density at radius 1 is 1.53 bits per heavy atom. The second kappa shape index (κ2) is 5.84. The van der Waals surface area contributed by atoms with Gasteiger partial charge in [0.15, 0.2) is 0 Å². The number of hydrogen-bond acceptors (Lipinski definition) is 4. The van der Waals surface area contributed by atoms with Crippen LogP contribution in [0.4, 0.5) is 5.82 Å². The van der Waals surface area contributed by atoms with Crippen LogP contribution in [0.2, 0.25) is 0 Å². The number of hydrogen-bond donors (Lipinski definition) is 2. The lowest BCUT2D eigenvalue weighted by Gasteiger charge is -2.16. The maximum absolute atomic E-state index is 11.3. The third kappa shape index (κ3) is 3.32. The van der Waals surface area contributed by atoms with Crippen molar-refractivity contribution >= 4 is 23.1 Å². The average Bonchev–Trinajstić information content (AvgIpc) is 2.81. The van der Waals surface area contributed by atoms with Crippen molar-refractivity contribution in [2.75, 3.05) is 5.32 Å². The van der Waals surface area contributed by atoms with Gasteiger partial charge in [-0.3, -0.25) is 0 Å². The Labute approximate surface area is 116 Å². The molecule has 0 spiro atoms. The number of carboxylic acids is 1. The molecule has 0 aliphatic heterocycles. The molecule has 2 rings (SSSR count). The normalized spacial score (nSPS) is 12.1. The van der Waals surface area contributed by atoms with Crippen LogP contribution in [0.15, 0.2) is 29.1 Å². The molecule has 0 amide bonds. The van der Waals surface area contributed by atoms with Crippen molar-refractivity contribution in [1.29, 1.82) is 0 Å². The van der Waals surface area contributed by atoms with Gasteiger partial charge in [-0.25, -0.2) is 9.78 Å². The number of carbonyl (C=O) groups is 1. The van der Waals surface area contributed by atoms with Crippen LogP contribution in [-0.4, -0.2) is 22.1 Å². The molecular weight excluding hydrogens is 260 g/mol. The number of thiophene rings is 1. The molecule has 2 aromatic rings. The number of pyridine rings is 1. The van der Waals surface area contributed by atoms with Gasteiger partial charge in [-0.1, -0.05) is 0 Å². The van der Waals surface area contributed by atoms with E-state index in [0.717, 1.165) is 6.42 Å². The van der Waals surface area contributed by atoms with E-state index in [-0.39, 0.29) is 11.6 Å². The van der Waals surface area contributed by atoms with Crippen molar-refractivity contribution < 1.29 is 9.90 Å². The monoisotopic (exact) mass is 276 g/mol. The Kier molecular flexibility index (Phi) is 4.16. The number of aromatic nitrogens is 1. The summed E-state index contributed by atoms with van der Waals surface area (Å²) < 4.78 is 0. The van der Waals surface area contributed by atoms with Gasteiger partial charge in [-0.05, 0) is 54.3 Å². The molecule has 2 aromatic heterocycles. The van der Waals surface area contributed by atoms with Crippen molar-refractivity contribution in [3.63, 3.8) is 0 Å². The molecule has 4 nitrogen and oxygen atoms in total. The molecule has 100 valence electrons. The third-order valence-corrected chi connectivity index (χ3v) is 3.61. The van der Waals surface area contributed by atoms with Crippen LogP contribution in [0.25, 0.3) is 0 Å². The van der Waals surface area contributed by atoms with E-state index >= 15 is 0 Å². The number of aryl methyl sites for hydroxylation is 1. The SMILES string of the molecule is Cc1ccnc(NC(C)Cc2ccsc2)c1C(=O)O. The molecule has 2 N–H and O–H groups in total. The van der Waals surface area contributed by atoms with Crippen LogP contribution in [0.3, 0.4) is 0 Å². The molecule has 2 heterocycles. The number of carboxylic acid groups (broad SMARTS) is 1. The predicted octanol–water partition coefficient (Wildman–Crippen LogP) is 3.19. The summed E-state index contributed by atoms with van der Waals surface area (Å²) in [6, 6.07) is 3.91. The molecule has 1 atom stereocenters. The van der Waals surface area contributed by atoms with Gasteiger partial charge in [0.25, 0.3) is 0 Å². The summed E-state index contributed by atoms with van der Waals surface area (Å²) in [6.45, 7) is 3.80. The molecular formula is C14H16N2O2S. The number of nitrogens with zero attached hydrogens (tertiary/aromatic N) is 1. The topological polar surface area (TPSA) is 62.2 Å². The summed E-state index contributed by atoms with van der Waals surface area (Å²) >= 11 is 1.66. The maximum atomic E-state index is 11.3. The number of aromatic carboxylic acids is 1. The predicted molar refractivity (Wildman–Crippen MR) is 77.0 cm³/mol. The van der Waals surface area contributed by atoms with Crippen LogP contribution in [0, 0.1) is 6.92 Å². The highest BCUT2D eigenvalue weighted by Crippen LogP contribution is 2.18. The molecule has 0 aliphatic carbocycles. The van der Waals surface area contributed by atoms with E-state index in [1.54, 1.807) is 30.5 Å². The fourth-order valence-electron chi connectivity index (χ4n) is 1.98. The van der Waals surface area contributed by atoms with E-state index in [4.69, 9.17) is 0 Å². The fourth-order valence-corrected chi connectivity index (χ4v) is 2.67. The second-order valence-electron chi connectivity index (χ2n) is 4.54. The van der Waals surface area contributed by atoms with Crippen LogP contribution in [0.1, 0.15) is 28.4 Å².